The van der Waals surface area contributed by atoms with E-state index >= 15 is 0 Å². The first kappa shape index (κ1) is 17.6. The lowest BCUT2D eigenvalue weighted by molar-refractivity contribution is -0.111. The van der Waals surface area contributed by atoms with Crippen molar-refractivity contribution in [3.05, 3.63) is 59.6 Å². The number of rotatable bonds is 6. The van der Waals surface area contributed by atoms with Crippen molar-refractivity contribution in [2.24, 2.45) is 0 Å². The number of thiazole rings is 1. The summed E-state index contributed by atoms with van der Waals surface area (Å²) < 4.78 is 10.4. The second kappa shape index (κ2) is 8.26. The van der Waals surface area contributed by atoms with E-state index in [1.807, 2.05) is 29.6 Å². The van der Waals surface area contributed by atoms with Gasteiger partial charge in [0.1, 0.15) is 5.69 Å². The Morgan fingerprint density at radius 3 is 2.69 bits per heavy atom. The van der Waals surface area contributed by atoms with Gasteiger partial charge in [-0.25, -0.2) is 4.98 Å². The van der Waals surface area contributed by atoms with Crippen molar-refractivity contribution in [2.45, 2.75) is 0 Å². The van der Waals surface area contributed by atoms with Gasteiger partial charge in [-0.05, 0) is 35.9 Å². The van der Waals surface area contributed by atoms with Crippen LogP contribution < -0.4 is 14.8 Å². The molecule has 3 aromatic rings. The van der Waals surface area contributed by atoms with E-state index in [1.54, 1.807) is 38.6 Å². The van der Waals surface area contributed by atoms with Crippen molar-refractivity contribution in [1.82, 2.24) is 9.97 Å². The molecule has 0 atom stereocenters. The molecule has 0 fully saturated rings. The minimum atomic E-state index is -0.262. The maximum Gasteiger partial charge on any atom is 0.250 e. The third-order valence-corrected chi connectivity index (χ3v) is 4.25. The maximum absolute atomic E-state index is 12.1. The zero-order valence-electron chi connectivity index (χ0n) is 14.3. The van der Waals surface area contributed by atoms with Gasteiger partial charge >= 0.3 is 0 Å². The topological polar surface area (TPSA) is 73.3 Å². The molecule has 1 N–H and O–H groups in total. The number of nitrogens with zero attached hydrogens (tertiary/aromatic N) is 2. The molecular weight excluding hydrogens is 350 g/mol. The Balaban J connectivity index is 1.66. The minimum Gasteiger partial charge on any atom is -0.493 e. The second-order valence-electron chi connectivity index (χ2n) is 5.19. The van der Waals surface area contributed by atoms with Gasteiger partial charge in [0.15, 0.2) is 16.6 Å². The molecule has 26 heavy (non-hydrogen) atoms. The van der Waals surface area contributed by atoms with Crippen LogP contribution in [0.4, 0.5) is 5.13 Å². The average Bonchev–Trinajstić information content (AvgIpc) is 3.15. The van der Waals surface area contributed by atoms with Gasteiger partial charge in [-0.15, -0.1) is 11.3 Å². The lowest BCUT2D eigenvalue weighted by Crippen LogP contribution is -2.07. The van der Waals surface area contributed by atoms with E-state index in [0.717, 1.165) is 17.0 Å². The molecule has 0 bridgehead atoms. The molecule has 1 aromatic carbocycles. The Labute approximate surface area is 155 Å². The normalized spacial score (nSPS) is 10.7. The fourth-order valence-electron chi connectivity index (χ4n) is 2.24. The van der Waals surface area contributed by atoms with Crippen LogP contribution in [0.3, 0.4) is 0 Å². The number of methoxy groups -OCH3 is 2. The number of aromatic nitrogens is 2. The molecule has 0 spiro atoms. The highest BCUT2D eigenvalue weighted by Crippen LogP contribution is 2.28. The van der Waals surface area contributed by atoms with Crippen molar-refractivity contribution in [3.8, 4) is 22.9 Å². The standard InChI is InChI=1S/C19H17N3O3S/c1-24-16-8-6-13(11-17(16)25-2)7-9-18(23)22-19-21-15(12-26-19)14-5-3-4-10-20-14/h3-12H,1-2H3,(H,21,22,23)/b9-7+. The van der Waals surface area contributed by atoms with Gasteiger partial charge in [-0.1, -0.05) is 12.1 Å². The first-order chi connectivity index (χ1) is 12.7. The number of hydrogen-bond acceptors (Lipinski definition) is 6. The van der Waals surface area contributed by atoms with E-state index in [9.17, 15) is 4.79 Å². The fourth-order valence-corrected chi connectivity index (χ4v) is 2.95. The summed E-state index contributed by atoms with van der Waals surface area (Å²) >= 11 is 1.35. The van der Waals surface area contributed by atoms with Gasteiger partial charge in [0.2, 0.25) is 5.91 Å². The van der Waals surface area contributed by atoms with Crippen molar-refractivity contribution in [1.29, 1.82) is 0 Å². The number of carbonyl (C=O) groups excluding carboxylic acids is 1. The number of benzene rings is 1. The summed E-state index contributed by atoms with van der Waals surface area (Å²) in [6.45, 7) is 0. The second-order valence-corrected chi connectivity index (χ2v) is 6.05. The molecule has 0 aliphatic carbocycles. The molecule has 0 unspecified atom stereocenters. The van der Waals surface area contributed by atoms with Crippen molar-refractivity contribution in [3.63, 3.8) is 0 Å². The average molecular weight is 367 g/mol. The highest BCUT2D eigenvalue weighted by molar-refractivity contribution is 7.14. The minimum absolute atomic E-state index is 0.262. The quantitative estimate of drug-likeness (QED) is 0.670. The monoisotopic (exact) mass is 367 g/mol. The molecule has 2 aromatic heterocycles. The highest BCUT2D eigenvalue weighted by Gasteiger charge is 2.07. The molecule has 6 nitrogen and oxygen atoms in total. The zero-order valence-corrected chi connectivity index (χ0v) is 15.1. The third-order valence-electron chi connectivity index (χ3n) is 3.50. The number of anilines is 1. The summed E-state index contributed by atoms with van der Waals surface area (Å²) in [5.41, 5.74) is 2.33. The van der Waals surface area contributed by atoms with E-state index in [2.05, 4.69) is 15.3 Å². The van der Waals surface area contributed by atoms with Crippen LogP contribution in [0.5, 0.6) is 11.5 Å². The van der Waals surface area contributed by atoms with Gasteiger partial charge in [-0.3, -0.25) is 15.1 Å². The van der Waals surface area contributed by atoms with Crippen molar-refractivity contribution < 1.29 is 14.3 Å². The van der Waals surface area contributed by atoms with E-state index in [-0.39, 0.29) is 5.91 Å². The molecule has 0 radical (unpaired) electrons. The van der Waals surface area contributed by atoms with Crippen LogP contribution in [-0.2, 0) is 4.79 Å². The third kappa shape index (κ3) is 4.25. The van der Waals surface area contributed by atoms with Crippen LogP contribution in [0.1, 0.15) is 5.56 Å². The van der Waals surface area contributed by atoms with Crippen molar-refractivity contribution >= 4 is 28.5 Å². The van der Waals surface area contributed by atoms with Crippen LogP contribution in [-0.4, -0.2) is 30.1 Å². The Hall–Kier alpha value is -3.19. The Bertz CT molecular complexity index is 923. The van der Waals surface area contributed by atoms with E-state index in [4.69, 9.17) is 9.47 Å². The molecule has 0 saturated heterocycles. The summed E-state index contributed by atoms with van der Waals surface area (Å²) in [4.78, 5) is 20.7. The maximum atomic E-state index is 12.1. The fraction of sp³-hybridized carbons (Fsp3) is 0.105. The number of ether oxygens (including phenoxy) is 2. The lowest BCUT2D eigenvalue weighted by atomic mass is 10.2. The smallest absolute Gasteiger partial charge is 0.250 e. The van der Waals surface area contributed by atoms with Gasteiger partial charge < -0.3 is 9.47 Å². The number of pyridine rings is 1. The molecule has 1 amide bonds. The molecule has 0 aliphatic rings. The molecule has 7 heteroatoms. The predicted octanol–water partition coefficient (Wildman–Crippen LogP) is 3.87. The number of carbonyl (C=O) groups is 1. The first-order valence-electron chi connectivity index (χ1n) is 7.77. The van der Waals surface area contributed by atoms with Crippen LogP contribution in [0.2, 0.25) is 0 Å². The molecular formula is C19H17N3O3S. The van der Waals surface area contributed by atoms with E-state index in [1.165, 1.54) is 17.4 Å². The molecule has 0 saturated carbocycles. The SMILES string of the molecule is COc1ccc(/C=C/C(=O)Nc2nc(-c3ccccn3)cs2)cc1OC. The zero-order chi connectivity index (χ0) is 18.4. The highest BCUT2D eigenvalue weighted by atomic mass is 32.1. The Kier molecular flexibility index (Phi) is 5.60. The number of nitrogens with one attached hydrogen (secondary N) is 1. The summed E-state index contributed by atoms with van der Waals surface area (Å²) in [6.07, 6.45) is 4.85. The van der Waals surface area contributed by atoms with Gasteiger partial charge in [0.05, 0.1) is 19.9 Å². The molecule has 3 rings (SSSR count). The van der Waals surface area contributed by atoms with E-state index < -0.39 is 0 Å². The molecule has 0 aliphatic heterocycles. The van der Waals surface area contributed by atoms with Crippen LogP contribution in [0.15, 0.2) is 54.1 Å². The summed E-state index contributed by atoms with van der Waals surface area (Å²) in [7, 11) is 3.15. The van der Waals surface area contributed by atoms with Gasteiger partial charge in [0, 0.05) is 17.7 Å². The van der Waals surface area contributed by atoms with E-state index in [0.29, 0.717) is 16.6 Å². The summed E-state index contributed by atoms with van der Waals surface area (Å²) in [5, 5.41) is 5.13. The summed E-state index contributed by atoms with van der Waals surface area (Å²) in [6, 6.07) is 11.0. The molecule has 2 heterocycles. The molecule has 132 valence electrons. The Morgan fingerprint density at radius 2 is 1.96 bits per heavy atom. The summed E-state index contributed by atoms with van der Waals surface area (Å²) in [5.74, 6) is 0.982. The predicted molar refractivity (Wildman–Crippen MR) is 103 cm³/mol. The number of amides is 1. The van der Waals surface area contributed by atoms with Crippen LogP contribution in [0.25, 0.3) is 17.5 Å². The largest absolute Gasteiger partial charge is 0.493 e. The van der Waals surface area contributed by atoms with Crippen LogP contribution in [0, 0.1) is 0 Å². The first-order valence-corrected chi connectivity index (χ1v) is 8.65. The number of hydrogen-bond donors (Lipinski definition) is 1. The van der Waals surface area contributed by atoms with Gasteiger partial charge in [-0.2, -0.15) is 0 Å². The lowest BCUT2D eigenvalue weighted by Gasteiger charge is -2.07. The van der Waals surface area contributed by atoms with Crippen LogP contribution >= 0.6 is 11.3 Å². The van der Waals surface area contributed by atoms with Gasteiger partial charge in [0.25, 0.3) is 0 Å². The Morgan fingerprint density at radius 1 is 1.12 bits per heavy atom. The van der Waals surface area contributed by atoms with Crippen molar-refractivity contribution in [2.75, 3.05) is 19.5 Å².